The van der Waals surface area contributed by atoms with E-state index < -0.39 is 0 Å². The summed E-state index contributed by atoms with van der Waals surface area (Å²) < 4.78 is 12.8. The molecule has 20 heavy (non-hydrogen) atoms. The van der Waals surface area contributed by atoms with Crippen LogP contribution in [-0.4, -0.2) is 19.2 Å². The minimum absolute atomic E-state index is 0.263. The molecule has 1 heterocycles. The Hall–Kier alpha value is -1.07. The number of carbonyl (C=O) groups excluding carboxylic acids is 1. The molecule has 2 aromatic rings. The van der Waals surface area contributed by atoms with Gasteiger partial charge in [0.05, 0.1) is 13.2 Å². The van der Waals surface area contributed by atoms with Gasteiger partial charge >= 0.3 is 5.97 Å². The molecule has 3 rings (SSSR count). The molecule has 5 heteroatoms. The van der Waals surface area contributed by atoms with Crippen LogP contribution >= 0.6 is 27.3 Å². The maximum atomic E-state index is 11.8. The number of halogens is 1. The SMILES string of the molecule is CCOC(=O)c1cc2cc(OCC3CC3)cc(Br)c2s1. The van der Waals surface area contributed by atoms with Crippen molar-refractivity contribution in [2.24, 2.45) is 5.92 Å². The van der Waals surface area contributed by atoms with E-state index in [1.807, 2.05) is 25.1 Å². The van der Waals surface area contributed by atoms with Gasteiger partial charge in [-0.1, -0.05) is 0 Å². The zero-order chi connectivity index (χ0) is 14.1. The van der Waals surface area contributed by atoms with Crippen molar-refractivity contribution in [3.05, 3.63) is 27.5 Å². The van der Waals surface area contributed by atoms with Crippen LogP contribution in [0.4, 0.5) is 0 Å². The molecule has 1 saturated carbocycles. The summed E-state index contributed by atoms with van der Waals surface area (Å²) >= 11 is 4.99. The van der Waals surface area contributed by atoms with Gasteiger partial charge in [0.25, 0.3) is 0 Å². The molecule has 1 aromatic heterocycles. The molecule has 1 aliphatic carbocycles. The van der Waals surface area contributed by atoms with E-state index in [0.717, 1.165) is 32.8 Å². The number of hydrogen-bond acceptors (Lipinski definition) is 4. The number of thiophene rings is 1. The second kappa shape index (κ2) is 5.74. The Morgan fingerprint density at radius 1 is 1.40 bits per heavy atom. The van der Waals surface area contributed by atoms with Crippen molar-refractivity contribution >= 4 is 43.3 Å². The Kier molecular flexibility index (Phi) is 3.98. The van der Waals surface area contributed by atoms with Crippen LogP contribution in [0, 0.1) is 5.92 Å². The maximum Gasteiger partial charge on any atom is 0.348 e. The van der Waals surface area contributed by atoms with E-state index in [9.17, 15) is 4.79 Å². The zero-order valence-corrected chi connectivity index (χ0v) is 13.6. The van der Waals surface area contributed by atoms with Crippen molar-refractivity contribution in [1.82, 2.24) is 0 Å². The normalized spacial score (nSPS) is 14.5. The van der Waals surface area contributed by atoms with Gasteiger partial charge in [-0.05, 0) is 65.2 Å². The lowest BCUT2D eigenvalue weighted by atomic mass is 10.2. The molecule has 0 radical (unpaired) electrons. The van der Waals surface area contributed by atoms with Crippen LogP contribution in [0.25, 0.3) is 10.1 Å². The lowest BCUT2D eigenvalue weighted by molar-refractivity contribution is 0.0532. The molecule has 0 spiro atoms. The van der Waals surface area contributed by atoms with E-state index in [1.54, 1.807) is 0 Å². The molecule has 0 amide bonds. The maximum absolute atomic E-state index is 11.8. The molecular formula is C15H15BrO3S. The standard InChI is InChI=1S/C15H15BrO3S/c1-2-18-15(17)13-6-10-5-11(19-8-9-3-4-9)7-12(16)14(10)20-13/h5-7,9H,2-4,8H2,1H3. The fourth-order valence-corrected chi connectivity index (χ4v) is 3.61. The molecule has 0 aliphatic heterocycles. The number of carbonyl (C=O) groups is 1. The number of ether oxygens (including phenoxy) is 2. The van der Waals surface area contributed by atoms with Gasteiger partial charge in [-0.15, -0.1) is 11.3 Å². The highest BCUT2D eigenvalue weighted by molar-refractivity contribution is 9.10. The van der Waals surface area contributed by atoms with Crippen LogP contribution in [-0.2, 0) is 4.74 Å². The van der Waals surface area contributed by atoms with Crippen LogP contribution in [0.3, 0.4) is 0 Å². The molecule has 1 aromatic carbocycles. The van der Waals surface area contributed by atoms with Gasteiger partial charge in [-0.3, -0.25) is 0 Å². The summed E-state index contributed by atoms with van der Waals surface area (Å²) in [6.07, 6.45) is 2.55. The number of benzene rings is 1. The highest BCUT2D eigenvalue weighted by Crippen LogP contribution is 2.37. The summed E-state index contributed by atoms with van der Waals surface area (Å²) in [4.78, 5) is 12.4. The smallest absolute Gasteiger partial charge is 0.348 e. The third-order valence-corrected chi connectivity index (χ3v) is 5.26. The highest BCUT2D eigenvalue weighted by atomic mass is 79.9. The lowest BCUT2D eigenvalue weighted by Gasteiger charge is -2.06. The van der Waals surface area contributed by atoms with Crippen LogP contribution in [0.2, 0.25) is 0 Å². The Morgan fingerprint density at radius 3 is 2.90 bits per heavy atom. The van der Waals surface area contributed by atoms with Crippen LogP contribution in [0.1, 0.15) is 29.4 Å². The molecule has 1 fully saturated rings. The number of hydrogen-bond donors (Lipinski definition) is 0. The highest BCUT2D eigenvalue weighted by Gasteiger charge is 2.22. The van der Waals surface area contributed by atoms with Crippen LogP contribution in [0.15, 0.2) is 22.7 Å². The summed E-state index contributed by atoms with van der Waals surface area (Å²) in [7, 11) is 0. The Bertz CT molecular complexity index is 646. The van der Waals surface area contributed by atoms with Crippen molar-refractivity contribution < 1.29 is 14.3 Å². The van der Waals surface area contributed by atoms with Crippen LogP contribution in [0.5, 0.6) is 5.75 Å². The third-order valence-electron chi connectivity index (χ3n) is 3.20. The molecule has 106 valence electrons. The Labute approximate surface area is 130 Å². The predicted molar refractivity (Wildman–Crippen MR) is 83.7 cm³/mol. The number of rotatable bonds is 5. The first kappa shape index (κ1) is 13.9. The summed E-state index contributed by atoms with van der Waals surface area (Å²) in [5.74, 6) is 1.31. The summed E-state index contributed by atoms with van der Waals surface area (Å²) in [6.45, 7) is 2.99. The molecule has 3 nitrogen and oxygen atoms in total. The fourth-order valence-electron chi connectivity index (χ4n) is 1.97. The van der Waals surface area contributed by atoms with Crippen molar-refractivity contribution in [3.8, 4) is 5.75 Å². The van der Waals surface area contributed by atoms with E-state index in [4.69, 9.17) is 9.47 Å². The molecule has 1 aliphatic rings. The first-order valence-electron chi connectivity index (χ1n) is 6.70. The molecule has 0 atom stereocenters. The minimum Gasteiger partial charge on any atom is -0.493 e. The molecule has 0 bridgehead atoms. The van der Waals surface area contributed by atoms with Crippen molar-refractivity contribution in [1.29, 1.82) is 0 Å². The summed E-state index contributed by atoms with van der Waals surface area (Å²) in [5.41, 5.74) is 0. The van der Waals surface area contributed by atoms with Gasteiger partial charge in [0, 0.05) is 9.17 Å². The van der Waals surface area contributed by atoms with Crippen LogP contribution < -0.4 is 4.74 Å². The average molecular weight is 355 g/mol. The number of fused-ring (bicyclic) bond motifs is 1. The quantitative estimate of drug-likeness (QED) is 0.734. The minimum atomic E-state index is -0.263. The third kappa shape index (κ3) is 2.99. The van der Waals surface area contributed by atoms with Crippen molar-refractivity contribution in [2.75, 3.05) is 13.2 Å². The van der Waals surface area contributed by atoms with E-state index in [2.05, 4.69) is 15.9 Å². The van der Waals surface area contributed by atoms with Gasteiger partial charge in [0.1, 0.15) is 10.6 Å². The van der Waals surface area contributed by atoms with E-state index >= 15 is 0 Å². The Balaban J connectivity index is 1.87. The predicted octanol–water partition coefficient (Wildman–Crippen LogP) is 4.63. The first-order chi connectivity index (χ1) is 9.67. The van der Waals surface area contributed by atoms with E-state index in [1.165, 1.54) is 24.2 Å². The Morgan fingerprint density at radius 2 is 2.20 bits per heavy atom. The number of esters is 1. The first-order valence-corrected chi connectivity index (χ1v) is 8.31. The van der Waals surface area contributed by atoms with Crippen molar-refractivity contribution in [3.63, 3.8) is 0 Å². The summed E-state index contributed by atoms with van der Waals surface area (Å²) in [6, 6.07) is 5.82. The largest absolute Gasteiger partial charge is 0.493 e. The van der Waals surface area contributed by atoms with E-state index in [0.29, 0.717) is 11.5 Å². The average Bonchev–Trinajstić information content (AvgIpc) is 3.14. The van der Waals surface area contributed by atoms with E-state index in [-0.39, 0.29) is 5.97 Å². The topological polar surface area (TPSA) is 35.5 Å². The second-order valence-electron chi connectivity index (χ2n) is 4.91. The monoisotopic (exact) mass is 354 g/mol. The zero-order valence-electron chi connectivity index (χ0n) is 11.1. The van der Waals surface area contributed by atoms with Gasteiger partial charge in [-0.25, -0.2) is 4.79 Å². The van der Waals surface area contributed by atoms with Gasteiger partial charge in [-0.2, -0.15) is 0 Å². The van der Waals surface area contributed by atoms with Gasteiger partial charge in [0.15, 0.2) is 0 Å². The van der Waals surface area contributed by atoms with Gasteiger partial charge in [0.2, 0.25) is 0 Å². The lowest BCUT2D eigenvalue weighted by Crippen LogP contribution is -2.01. The van der Waals surface area contributed by atoms with Gasteiger partial charge < -0.3 is 9.47 Å². The summed E-state index contributed by atoms with van der Waals surface area (Å²) in [5, 5.41) is 1.01. The molecule has 0 unspecified atom stereocenters. The molecule has 0 saturated heterocycles. The second-order valence-corrected chi connectivity index (χ2v) is 6.82. The van der Waals surface area contributed by atoms with Crippen molar-refractivity contribution in [2.45, 2.75) is 19.8 Å². The molecular weight excluding hydrogens is 340 g/mol. The fraction of sp³-hybridized carbons (Fsp3) is 0.400. The molecule has 0 N–H and O–H groups in total.